The molecule has 3 heteroatoms. The molecule has 20 heavy (non-hydrogen) atoms. The zero-order chi connectivity index (χ0) is 13.9. The first-order valence-corrected chi connectivity index (χ1v) is 6.23. The zero-order valence-electron chi connectivity index (χ0n) is 10.7. The van der Waals surface area contributed by atoms with Crippen molar-refractivity contribution in [1.82, 2.24) is 4.98 Å². The summed E-state index contributed by atoms with van der Waals surface area (Å²) in [6.45, 7) is 3.94. The second kappa shape index (κ2) is 5.05. The average Bonchev–Trinajstić information content (AvgIpc) is 2.90. The minimum absolute atomic E-state index is 0.259. The minimum atomic E-state index is -0.460. The molecule has 0 bridgehead atoms. The van der Waals surface area contributed by atoms with Gasteiger partial charge < -0.3 is 9.52 Å². The first kappa shape index (κ1) is 12.2. The van der Waals surface area contributed by atoms with Crippen LogP contribution in [0.1, 0.15) is 11.3 Å². The van der Waals surface area contributed by atoms with E-state index in [1.54, 1.807) is 0 Å². The van der Waals surface area contributed by atoms with Gasteiger partial charge in [0.2, 0.25) is 0 Å². The lowest BCUT2D eigenvalue weighted by Crippen LogP contribution is -1.94. The summed E-state index contributed by atoms with van der Waals surface area (Å²) in [5.74, 6) is -0.139. The van der Waals surface area contributed by atoms with E-state index in [1.165, 1.54) is 0 Å². The Labute approximate surface area is 116 Å². The molecule has 0 fully saturated rings. The van der Waals surface area contributed by atoms with Crippen LogP contribution < -0.4 is 5.11 Å². The normalized spacial score (nSPS) is 10.4. The molecule has 0 saturated carbocycles. The molecule has 0 spiro atoms. The van der Waals surface area contributed by atoms with E-state index in [-0.39, 0.29) is 5.69 Å². The van der Waals surface area contributed by atoms with Gasteiger partial charge in [-0.05, 0) is 5.56 Å². The van der Waals surface area contributed by atoms with Crippen molar-refractivity contribution in [1.29, 1.82) is 0 Å². The summed E-state index contributed by atoms with van der Waals surface area (Å²) in [6.07, 6.45) is 0. The highest BCUT2D eigenvalue weighted by Crippen LogP contribution is 2.31. The Hall–Kier alpha value is -2.81. The molecule has 0 saturated heterocycles. The summed E-state index contributed by atoms with van der Waals surface area (Å²) in [5.41, 5.74) is 2.46. The van der Waals surface area contributed by atoms with E-state index in [2.05, 4.69) is 11.6 Å². The summed E-state index contributed by atoms with van der Waals surface area (Å²) in [6, 6.07) is 18.8. The molecule has 3 rings (SSSR count). The van der Waals surface area contributed by atoms with Crippen molar-refractivity contribution < 1.29 is 9.52 Å². The van der Waals surface area contributed by atoms with E-state index < -0.39 is 5.95 Å². The topological polar surface area (TPSA) is 49.1 Å². The highest BCUT2D eigenvalue weighted by atomic mass is 16.5. The van der Waals surface area contributed by atoms with Crippen LogP contribution in [0, 0.1) is 0 Å². The van der Waals surface area contributed by atoms with Crippen LogP contribution in [0.5, 0.6) is 5.95 Å². The summed E-state index contributed by atoms with van der Waals surface area (Å²) >= 11 is 0. The van der Waals surface area contributed by atoms with Crippen molar-refractivity contribution in [2.45, 2.75) is 0 Å². The van der Waals surface area contributed by atoms with Gasteiger partial charge in [0.25, 0.3) is 0 Å². The molecule has 0 radical (unpaired) electrons. The fraction of sp³-hybridized carbons (Fsp3) is 0. The van der Waals surface area contributed by atoms with Gasteiger partial charge in [-0.2, -0.15) is 0 Å². The lowest BCUT2D eigenvalue weighted by molar-refractivity contribution is -0.293. The molecule has 2 aromatic carbocycles. The van der Waals surface area contributed by atoms with Crippen LogP contribution in [0.25, 0.3) is 17.0 Å². The summed E-state index contributed by atoms with van der Waals surface area (Å²) in [5, 5.41) is 11.9. The Morgan fingerprint density at radius 1 is 0.950 bits per heavy atom. The van der Waals surface area contributed by atoms with Gasteiger partial charge in [-0.25, -0.2) is 4.98 Å². The van der Waals surface area contributed by atoms with Gasteiger partial charge in [-0.3, -0.25) is 0 Å². The third kappa shape index (κ3) is 2.21. The molecule has 3 aromatic rings. The van der Waals surface area contributed by atoms with E-state index in [4.69, 9.17) is 4.42 Å². The quantitative estimate of drug-likeness (QED) is 0.726. The van der Waals surface area contributed by atoms with Gasteiger partial charge in [0.1, 0.15) is 5.89 Å². The molecule has 3 nitrogen and oxygen atoms in total. The van der Waals surface area contributed by atoms with Crippen molar-refractivity contribution in [3.8, 4) is 17.4 Å². The Morgan fingerprint density at radius 2 is 1.55 bits per heavy atom. The molecule has 0 aliphatic rings. The van der Waals surface area contributed by atoms with Crippen LogP contribution >= 0.6 is 0 Å². The maximum Gasteiger partial charge on any atom is 0.112 e. The van der Waals surface area contributed by atoms with Gasteiger partial charge in [-0.1, -0.05) is 67.2 Å². The van der Waals surface area contributed by atoms with Crippen LogP contribution in [0.2, 0.25) is 0 Å². The van der Waals surface area contributed by atoms with Crippen molar-refractivity contribution in [3.05, 3.63) is 78.5 Å². The standard InChI is InChI=1S/C17H13NO2/c1-12(13-8-4-2-5-9-13)15-17(19)20-16(18-15)14-10-6-3-7-11-14/h2-11,19H,1H2/p-1. The molecule has 1 heterocycles. The number of hydrogen-bond donors (Lipinski definition) is 0. The van der Waals surface area contributed by atoms with Gasteiger partial charge in [0.15, 0.2) is 0 Å². The Morgan fingerprint density at radius 3 is 2.20 bits per heavy atom. The maximum absolute atomic E-state index is 11.9. The van der Waals surface area contributed by atoms with E-state index >= 15 is 0 Å². The SMILES string of the molecule is C=C(c1ccccc1)c1nc(-c2ccccc2)oc1[O-]. The Kier molecular flexibility index (Phi) is 3.09. The Bertz CT molecular complexity index is 730. The van der Waals surface area contributed by atoms with Gasteiger partial charge >= 0.3 is 0 Å². The number of rotatable bonds is 3. The predicted octanol–water partition coefficient (Wildman–Crippen LogP) is 3.48. The Balaban J connectivity index is 2.00. The molecule has 0 aliphatic heterocycles. The van der Waals surface area contributed by atoms with Gasteiger partial charge in [0.05, 0.1) is 11.6 Å². The fourth-order valence-electron chi connectivity index (χ4n) is 1.98. The fourth-order valence-corrected chi connectivity index (χ4v) is 1.98. The van der Waals surface area contributed by atoms with E-state index in [0.717, 1.165) is 11.1 Å². The first-order chi connectivity index (χ1) is 9.75. The zero-order valence-corrected chi connectivity index (χ0v) is 10.7. The number of aromatic nitrogens is 1. The highest BCUT2D eigenvalue weighted by Gasteiger charge is 2.10. The molecule has 0 N–H and O–H groups in total. The lowest BCUT2D eigenvalue weighted by atomic mass is 10.1. The van der Waals surface area contributed by atoms with E-state index in [9.17, 15) is 5.11 Å². The lowest BCUT2D eigenvalue weighted by Gasteiger charge is -2.04. The summed E-state index contributed by atoms with van der Waals surface area (Å²) < 4.78 is 5.22. The van der Waals surface area contributed by atoms with Crippen molar-refractivity contribution in [3.63, 3.8) is 0 Å². The van der Waals surface area contributed by atoms with Crippen molar-refractivity contribution in [2.75, 3.05) is 0 Å². The molecule has 0 aliphatic carbocycles. The van der Waals surface area contributed by atoms with Crippen LogP contribution in [0.3, 0.4) is 0 Å². The second-order valence-corrected chi connectivity index (χ2v) is 4.37. The van der Waals surface area contributed by atoms with Gasteiger partial charge in [-0.15, -0.1) is 0 Å². The molecule has 1 aromatic heterocycles. The molecular formula is C17H12NO2-. The predicted molar refractivity (Wildman–Crippen MR) is 76.0 cm³/mol. The molecule has 0 amide bonds. The van der Waals surface area contributed by atoms with Crippen LogP contribution in [-0.2, 0) is 0 Å². The molecule has 0 unspecified atom stereocenters. The smallest absolute Gasteiger partial charge is 0.112 e. The molecule has 98 valence electrons. The van der Waals surface area contributed by atoms with E-state index in [0.29, 0.717) is 11.5 Å². The molecular weight excluding hydrogens is 250 g/mol. The van der Waals surface area contributed by atoms with Crippen LogP contribution in [0.4, 0.5) is 0 Å². The second-order valence-electron chi connectivity index (χ2n) is 4.37. The van der Waals surface area contributed by atoms with Gasteiger partial charge in [0, 0.05) is 11.1 Å². The monoisotopic (exact) mass is 262 g/mol. The van der Waals surface area contributed by atoms with Crippen LogP contribution in [0.15, 0.2) is 71.7 Å². The number of benzene rings is 2. The highest BCUT2D eigenvalue weighted by molar-refractivity contribution is 5.78. The minimum Gasteiger partial charge on any atom is -0.562 e. The maximum atomic E-state index is 11.9. The summed E-state index contributed by atoms with van der Waals surface area (Å²) in [4.78, 5) is 4.28. The number of hydrogen-bond acceptors (Lipinski definition) is 3. The molecule has 0 atom stereocenters. The largest absolute Gasteiger partial charge is 0.562 e. The first-order valence-electron chi connectivity index (χ1n) is 6.23. The third-order valence-electron chi connectivity index (χ3n) is 3.02. The number of oxazole rings is 1. The van der Waals surface area contributed by atoms with Crippen molar-refractivity contribution in [2.24, 2.45) is 0 Å². The third-order valence-corrected chi connectivity index (χ3v) is 3.02. The van der Waals surface area contributed by atoms with E-state index in [1.807, 2.05) is 60.7 Å². The van der Waals surface area contributed by atoms with Crippen molar-refractivity contribution >= 4 is 5.57 Å². The summed E-state index contributed by atoms with van der Waals surface area (Å²) in [7, 11) is 0. The number of nitrogens with zero attached hydrogens (tertiary/aromatic N) is 1. The van der Waals surface area contributed by atoms with Crippen LogP contribution in [-0.4, -0.2) is 4.98 Å². The average molecular weight is 262 g/mol.